The molecule has 3 N–H and O–H groups in total. The smallest absolute Gasteiger partial charge is 0.188 e. The fourth-order valence-electron chi connectivity index (χ4n) is 2.48. The summed E-state index contributed by atoms with van der Waals surface area (Å²) in [5, 5.41) is 3.22. The van der Waals surface area contributed by atoms with E-state index in [2.05, 4.69) is 35.4 Å². The number of hydrogen-bond donors (Lipinski definition) is 2. The van der Waals surface area contributed by atoms with Crippen LogP contribution in [0.1, 0.15) is 36.8 Å². The van der Waals surface area contributed by atoms with Crippen LogP contribution in [0.15, 0.2) is 23.2 Å². The Kier molecular flexibility index (Phi) is 7.20. The molecule has 0 atom stereocenters. The number of nitrogens with two attached hydrogens (primary N) is 1. The minimum atomic E-state index is 0.516. The van der Waals surface area contributed by atoms with Crippen LogP contribution in [0, 0.1) is 12.8 Å². The molecule has 0 spiro atoms. The van der Waals surface area contributed by atoms with Crippen LogP contribution in [0.3, 0.4) is 0 Å². The van der Waals surface area contributed by atoms with Gasteiger partial charge in [0, 0.05) is 32.2 Å². The predicted octanol–water partition coefficient (Wildman–Crippen LogP) is 2.61. The molecule has 0 aromatic heterocycles. The highest BCUT2D eigenvalue weighted by Gasteiger charge is 2.16. The summed E-state index contributed by atoms with van der Waals surface area (Å²) >= 11 is 0. The van der Waals surface area contributed by atoms with Crippen LogP contribution in [0.5, 0.6) is 5.75 Å². The average Bonchev–Trinajstić information content (AvgIpc) is 2.49. The van der Waals surface area contributed by atoms with Crippen LogP contribution in [0.4, 0.5) is 0 Å². The molecule has 1 aromatic rings. The zero-order chi connectivity index (χ0) is 16.5. The number of guanidine groups is 1. The maximum atomic E-state index is 5.95. The molecule has 0 saturated heterocycles. The summed E-state index contributed by atoms with van der Waals surface area (Å²) in [4.78, 5) is 4.44. The van der Waals surface area contributed by atoms with E-state index in [1.165, 1.54) is 24.8 Å². The zero-order valence-electron chi connectivity index (χ0n) is 14.3. The van der Waals surface area contributed by atoms with Crippen molar-refractivity contribution in [1.82, 2.24) is 5.32 Å². The molecule has 2 rings (SSSR count). The van der Waals surface area contributed by atoms with Crippen molar-refractivity contribution < 1.29 is 9.47 Å². The highest BCUT2D eigenvalue weighted by atomic mass is 16.5. The first-order chi connectivity index (χ1) is 11.2. The van der Waals surface area contributed by atoms with Gasteiger partial charge in [-0.3, -0.25) is 0 Å². The minimum absolute atomic E-state index is 0.516. The Labute approximate surface area is 139 Å². The van der Waals surface area contributed by atoms with Crippen LogP contribution in [0.25, 0.3) is 0 Å². The van der Waals surface area contributed by atoms with Gasteiger partial charge in [-0.2, -0.15) is 0 Å². The van der Waals surface area contributed by atoms with E-state index in [1.807, 2.05) is 0 Å². The number of ether oxygens (including phenoxy) is 2. The molecule has 5 heteroatoms. The number of nitrogens with zero attached hydrogens (tertiary/aromatic N) is 1. The lowest BCUT2D eigenvalue weighted by molar-refractivity contribution is 0.172. The zero-order valence-corrected chi connectivity index (χ0v) is 14.3. The lowest BCUT2D eigenvalue weighted by Crippen LogP contribution is -2.37. The Balaban J connectivity index is 1.86. The fraction of sp³-hybridized carbons (Fsp3) is 0.611. The highest BCUT2D eigenvalue weighted by Crippen LogP contribution is 2.25. The van der Waals surface area contributed by atoms with Gasteiger partial charge in [0.1, 0.15) is 5.75 Å². The third-order valence-electron chi connectivity index (χ3n) is 4.19. The van der Waals surface area contributed by atoms with Gasteiger partial charge in [0.05, 0.1) is 13.2 Å². The second-order valence-corrected chi connectivity index (χ2v) is 6.19. The number of nitrogens with one attached hydrogen (secondary N) is 1. The van der Waals surface area contributed by atoms with Gasteiger partial charge in [0.25, 0.3) is 0 Å². The molecule has 0 aliphatic heterocycles. The van der Waals surface area contributed by atoms with Crippen molar-refractivity contribution in [2.24, 2.45) is 16.6 Å². The first-order valence-electron chi connectivity index (χ1n) is 8.44. The summed E-state index contributed by atoms with van der Waals surface area (Å²) < 4.78 is 10.9. The van der Waals surface area contributed by atoms with Crippen molar-refractivity contribution in [3.63, 3.8) is 0 Å². The molecule has 128 valence electrons. The molecule has 1 aromatic carbocycles. The van der Waals surface area contributed by atoms with Gasteiger partial charge in [-0.15, -0.1) is 0 Å². The number of hydrogen-bond acceptors (Lipinski definition) is 3. The summed E-state index contributed by atoms with van der Waals surface area (Å²) in [6, 6.07) is 6.18. The summed E-state index contributed by atoms with van der Waals surface area (Å²) in [5.74, 6) is 2.17. The van der Waals surface area contributed by atoms with E-state index in [1.54, 1.807) is 7.11 Å². The average molecular weight is 319 g/mol. The third kappa shape index (κ3) is 6.10. The van der Waals surface area contributed by atoms with E-state index < -0.39 is 0 Å². The SMILES string of the molecule is COCCCOc1cc(C)ccc1CN=C(N)NCC1CCC1. The molecule has 1 fully saturated rings. The van der Waals surface area contributed by atoms with E-state index in [0.29, 0.717) is 25.7 Å². The van der Waals surface area contributed by atoms with E-state index >= 15 is 0 Å². The van der Waals surface area contributed by atoms with Gasteiger partial charge in [0.2, 0.25) is 0 Å². The Morgan fingerprint density at radius 2 is 2.17 bits per heavy atom. The van der Waals surface area contributed by atoms with Crippen molar-refractivity contribution in [2.45, 2.75) is 39.2 Å². The van der Waals surface area contributed by atoms with E-state index in [-0.39, 0.29) is 0 Å². The van der Waals surface area contributed by atoms with E-state index in [9.17, 15) is 0 Å². The minimum Gasteiger partial charge on any atom is -0.493 e. The van der Waals surface area contributed by atoms with Crippen LogP contribution in [-0.4, -0.2) is 32.8 Å². The highest BCUT2D eigenvalue weighted by molar-refractivity contribution is 5.77. The lowest BCUT2D eigenvalue weighted by Gasteiger charge is -2.25. The first kappa shape index (κ1) is 17.6. The fourth-order valence-corrected chi connectivity index (χ4v) is 2.48. The summed E-state index contributed by atoms with van der Waals surface area (Å²) in [6.45, 7) is 4.87. The Morgan fingerprint density at radius 3 is 2.87 bits per heavy atom. The Hall–Kier alpha value is -1.75. The van der Waals surface area contributed by atoms with Gasteiger partial charge in [-0.1, -0.05) is 18.6 Å². The molecule has 1 saturated carbocycles. The first-order valence-corrected chi connectivity index (χ1v) is 8.44. The van der Waals surface area contributed by atoms with Crippen molar-refractivity contribution in [3.8, 4) is 5.75 Å². The van der Waals surface area contributed by atoms with E-state index in [4.69, 9.17) is 15.2 Å². The molecule has 0 bridgehead atoms. The topological polar surface area (TPSA) is 68.9 Å². The molecule has 0 unspecified atom stereocenters. The third-order valence-corrected chi connectivity index (χ3v) is 4.19. The molecule has 1 aliphatic carbocycles. The standard InChI is InChI=1S/C18H29N3O2/c1-14-7-8-16(17(11-14)23-10-4-9-22-2)13-21-18(19)20-12-15-5-3-6-15/h7-8,11,15H,3-6,9-10,12-13H2,1-2H3,(H3,19,20,21). The van der Waals surface area contributed by atoms with Crippen molar-refractivity contribution in [3.05, 3.63) is 29.3 Å². The lowest BCUT2D eigenvalue weighted by atomic mass is 9.85. The quantitative estimate of drug-likeness (QED) is 0.417. The predicted molar refractivity (Wildman–Crippen MR) is 93.8 cm³/mol. The number of methoxy groups -OCH3 is 1. The van der Waals surface area contributed by atoms with Crippen LogP contribution in [0.2, 0.25) is 0 Å². The van der Waals surface area contributed by atoms with Crippen LogP contribution >= 0.6 is 0 Å². The second-order valence-electron chi connectivity index (χ2n) is 6.19. The summed E-state index contributed by atoms with van der Waals surface area (Å²) in [7, 11) is 1.70. The summed E-state index contributed by atoms with van der Waals surface area (Å²) in [6.07, 6.45) is 4.82. The van der Waals surface area contributed by atoms with Crippen LogP contribution in [-0.2, 0) is 11.3 Å². The molecule has 23 heavy (non-hydrogen) atoms. The van der Waals surface area contributed by atoms with Crippen molar-refractivity contribution in [2.75, 3.05) is 26.9 Å². The van der Waals surface area contributed by atoms with Crippen LogP contribution < -0.4 is 15.8 Å². The number of aliphatic imine (C=N–C) groups is 1. The number of benzene rings is 1. The molecule has 5 nitrogen and oxygen atoms in total. The van der Waals surface area contributed by atoms with Gasteiger partial charge in [-0.05, 0) is 37.3 Å². The molecule has 0 amide bonds. The van der Waals surface area contributed by atoms with Gasteiger partial charge < -0.3 is 20.5 Å². The maximum absolute atomic E-state index is 5.95. The van der Waals surface area contributed by atoms with E-state index in [0.717, 1.165) is 30.2 Å². The Morgan fingerprint density at radius 1 is 1.35 bits per heavy atom. The largest absolute Gasteiger partial charge is 0.493 e. The molecular formula is C18H29N3O2. The van der Waals surface area contributed by atoms with Crippen molar-refractivity contribution in [1.29, 1.82) is 0 Å². The molecule has 1 aliphatic rings. The number of rotatable bonds is 9. The maximum Gasteiger partial charge on any atom is 0.188 e. The van der Waals surface area contributed by atoms with Gasteiger partial charge >= 0.3 is 0 Å². The van der Waals surface area contributed by atoms with Gasteiger partial charge in [0.15, 0.2) is 5.96 Å². The molecule has 0 heterocycles. The Bertz CT molecular complexity index is 513. The summed E-state index contributed by atoms with van der Waals surface area (Å²) in [5.41, 5.74) is 8.18. The van der Waals surface area contributed by atoms with Crippen molar-refractivity contribution >= 4 is 5.96 Å². The normalized spacial score (nSPS) is 15.3. The monoisotopic (exact) mass is 319 g/mol. The molecule has 0 radical (unpaired) electrons. The second kappa shape index (κ2) is 9.40. The molecular weight excluding hydrogens is 290 g/mol. The number of aryl methyl sites for hydroxylation is 1. The van der Waals surface area contributed by atoms with Gasteiger partial charge in [-0.25, -0.2) is 4.99 Å².